The molecule has 2 fully saturated rings. The molecule has 3 aliphatic rings. The number of aromatic nitrogens is 5. The molecule has 1 aliphatic carbocycles. The zero-order valence-electron chi connectivity index (χ0n) is 48.8. The quantitative estimate of drug-likeness (QED) is 0.0591. The lowest BCUT2D eigenvalue weighted by Crippen LogP contribution is -2.58. The van der Waals surface area contributed by atoms with Crippen LogP contribution in [0.15, 0.2) is 90.6 Å². The van der Waals surface area contributed by atoms with Gasteiger partial charge in [0.15, 0.2) is 10.8 Å². The van der Waals surface area contributed by atoms with Gasteiger partial charge in [0.2, 0.25) is 17.7 Å². The van der Waals surface area contributed by atoms with E-state index in [0.29, 0.717) is 54.6 Å². The summed E-state index contributed by atoms with van der Waals surface area (Å²) in [6.45, 7) is 17.3. The highest BCUT2D eigenvalue weighted by Crippen LogP contribution is 2.43. The highest BCUT2D eigenvalue weighted by Gasteiger charge is 2.45. The van der Waals surface area contributed by atoms with E-state index >= 15 is 0 Å². The molecule has 436 valence electrons. The molecule has 0 unspecified atom stereocenters. The van der Waals surface area contributed by atoms with Crippen molar-refractivity contribution >= 4 is 73.4 Å². The topological polar surface area (TPSA) is 214 Å². The van der Waals surface area contributed by atoms with Crippen LogP contribution in [0.4, 0.5) is 10.9 Å². The van der Waals surface area contributed by atoms with Crippen molar-refractivity contribution in [1.29, 1.82) is 0 Å². The minimum absolute atomic E-state index is 0.0190. The molecule has 7 aromatic rings. The van der Waals surface area contributed by atoms with E-state index in [1.165, 1.54) is 16.2 Å². The number of anilines is 2. The van der Waals surface area contributed by atoms with E-state index in [1.807, 2.05) is 138 Å². The van der Waals surface area contributed by atoms with Crippen LogP contribution in [0.3, 0.4) is 0 Å². The fraction of sp³-hybridized carbons (Fsp3) is 0.453. The summed E-state index contributed by atoms with van der Waals surface area (Å²) in [5.74, 6) is -1.11. The van der Waals surface area contributed by atoms with Crippen molar-refractivity contribution in [1.82, 2.24) is 40.3 Å². The van der Waals surface area contributed by atoms with Gasteiger partial charge in [0, 0.05) is 61.4 Å². The van der Waals surface area contributed by atoms with Crippen molar-refractivity contribution in [3.63, 3.8) is 0 Å². The number of para-hydroxylation sites is 1. The van der Waals surface area contributed by atoms with Crippen LogP contribution in [0.1, 0.15) is 148 Å². The maximum atomic E-state index is 14.6. The van der Waals surface area contributed by atoms with Crippen molar-refractivity contribution < 1.29 is 33.8 Å². The molecule has 4 atom stereocenters. The molecule has 0 radical (unpaired) electrons. The Morgan fingerprint density at radius 1 is 0.892 bits per heavy atom. The number of hydrogen-bond donors (Lipinski definition) is 4. The predicted molar refractivity (Wildman–Crippen MR) is 325 cm³/mol. The van der Waals surface area contributed by atoms with Gasteiger partial charge in [-0.3, -0.25) is 29.2 Å². The largest absolute Gasteiger partial charge is 0.461 e. The second-order valence-electron chi connectivity index (χ2n) is 24.4. The molecule has 1 saturated carbocycles. The molecule has 4 N–H and O–H groups in total. The molecule has 10 rings (SSSR count). The lowest BCUT2D eigenvalue weighted by molar-refractivity contribution is -0.144. The monoisotopic (exact) mass is 1160 g/mol. The van der Waals surface area contributed by atoms with Crippen LogP contribution in [0.25, 0.3) is 31.8 Å². The highest BCUT2D eigenvalue weighted by molar-refractivity contribution is 7.22. The third-order valence-corrected chi connectivity index (χ3v) is 18.6. The second kappa shape index (κ2) is 24.9. The van der Waals surface area contributed by atoms with E-state index in [1.54, 1.807) is 17.5 Å². The highest BCUT2D eigenvalue weighted by atomic mass is 32.1. The predicted octanol–water partition coefficient (Wildman–Crippen LogP) is 11.0. The molecular formula is C64H76N10O7S2. The Kier molecular flexibility index (Phi) is 17.6. The van der Waals surface area contributed by atoms with Gasteiger partial charge in [-0.05, 0) is 116 Å². The first-order chi connectivity index (χ1) is 39.7. The van der Waals surface area contributed by atoms with Crippen molar-refractivity contribution in [2.45, 2.75) is 150 Å². The van der Waals surface area contributed by atoms with Crippen molar-refractivity contribution in [2.75, 3.05) is 29.9 Å². The number of β-amino-alcohol motifs (C(OH)–C–C–N with tert-alkyl or cyclic N) is 1. The normalized spacial score (nSPS) is 17.7. The van der Waals surface area contributed by atoms with Gasteiger partial charge in [-0.15, -0.1) is 11.3 Å². The minimum Gasteiger partial charge on any atom is -0.461 e. The number of aliphatic hydroxyl groups is 1. The molecule has 3 aromatic carbocycles. The molecule has 19 heteroatoms. The number of pyridine rings is 1. The summed E-state index contributed by atoms with van der Waals surface area (Å²) in [5.41, 5.74) is 9.48. The zero-order chi connectivity index (χ0) is 58.7. The van der Waals surface area contributed by atoms with Gasteiger partial charge >= 0.3 is 5.97 Å². The van der Waals surface area contributed by atoms with E-state index in [4.69, 9.17) is 14.8 Å². The number of nitrogens with one attached hydrogen (secondary N) is 3. The van der Waals surface area contributed by atoms with E-state index in [9.17, 15) is 29.1 Å². The number of fused-ring (bicyclic) bond motifs is 2. The Labute approximate surface area is 493 Å². The number of aryl methyl sites for hydroxylation is 1. The van der Waals surface area contributed by atoms with Crippen molar-refractivity contribution in [3.8, 4) is 21.6 Å². The number of nitrogens with zero attached hydrogens (tertiary/aromatic N) is 7. The molecule has 83 heavy (non-hydrogen) atoms. The molecule has 6 heterocycles. The number of aliphatic hydroxyl groups excluding tert-OH is 1. The molecule has 0 spiro atoms. The summed E-state index contributed by atoms with van der Waals surface area (Å²) in [7, 11) is 0. The smallest absolute Gasteiger partial charge is 0.357 e. The summed E-state index contributed by atoms with van der Waals surface area (Å²) >= 11 is 3.01. The van der Waals surface area contributed by atoms with Crippen LogP contribution in [-0.2, 0) is 38.6 Å². The Balaban J connectivity index is 0.822. The third-order valence-electron chi connectivity index (χ3n) is 16.7. The van der Waals surface area contributed by atoms with Crippen LogP contribution in [0.5, 0.6) is 0 Å². The molecule has 2 aliphatic heterocycles. The second-order valence-corrected chi connectivity index (χ2v) is 26.2. The number of rotatable bonds is 18. The lowest BCUT2D eigenvalue weighted by Gasteiger charge is -2.38. The number of carbonyl (C=O) groups is 5. The first kappa shape index (κ1) is 58.8. The van der Waals surface area contributed by atoms with Crippen LogP contribution in [-0.4, -0.2) is 102 Å². The van der Waals surface area contributed by atoms with E-state index in [0.717, 1.165) is 86.4 Å². The molecule has 4 amide bonds. The molecule has 0 bridgehead atoms. The van der Waals surface area contributed by atoms with Gasteiger partial charge in [0.05, 0.1) is 51.2 Å². The summed E-state index contributed by atoms with van der Waals surface area (Å²) < 4.78 is 8.86. The number of carbonyl (C=O) groups excluding carboxylic acids is 5. The number of thiazole rings is 2. The van der Waals surface area contributed by atoms with E-state index in [-0.39, 0.29) is 66.8 Å². The average molecular weight is 1160 g/mol. The van der Waals surface area contributed by atoms with Gasteiger partial charge in [-0.25, -0.2) is 19.7 Å². The fourth-order valence-electron chi connectivity index (χ4n) is 12.0. The maximum Gasteiger partial charge on any atom is 0.357 e. The third kappa shape index (κ3) is 13.2. The molecule has 17 nitrogen and oxygen atoms in total. The van der Waals surface area contributed by atoms with Crippen LogP contribution < -0.4 is 20.9 Å². The Bertz CT molecular complexity index is 3490. The molecule has 1 saturated heterocycles. The number of benzene rings is 3. The van der Waals surface area contributed by atoms with E-state index in [2.05, 4.69) is 36.9 Å². The number of likely N-dealkylation sites (tertiary alicyclic amines) is 1. The molecular weight excluding hydrogens is 1080 g/mol. The van der Waals surface area contributed by atoms with Gasteiger partial charge in [0.1, 0.15) is 17.9 Å². The zero-order valence-corrected chi connectivity index (χ0v) is 50.4. The molecule has 4 aromatic heterocycles. The Morgan fingerprint density at radius 3 is 2.39 bits per heavy atom. The van der Waals surface area contributed by atoms with Crippen molar-refractivity contribution in [3.05, 3.63) is 130 Å². The average Bonchev–Trinajstić information content (AvgIpc) is 3.66. The van der Waals surface area contributed by atoms with Crippen LogP contribution in [0, 0.1) is 30.6 Å². The van der Waals surface area contributed by atoms with Crippen LogP contribution in [0.2, 0.25) is 0 Å². The van der Waals surface area contributed by atoms with E-state index < -0.39 is 35.5 Å². The van der Waals surface area contributed by atoms with Crippen LogP contribution >= 0.6 is 22.7 Å². The van der Waals surface area contributed by atoms with Gasteiger partial charge in [-0.1, -0.05) is 114 Å². The van der Waals surface area contributed by atoms with Crippen molar-refractivity contribution in [2.24, 2.45) is 16.7 Å². The maximum absolute atomic E-state index is 14.6. The van der Waals surface area contributed by atoms with Gasteiger partial charge in [-0.2, -0.15) is 5.10 Å². The number of hydrogen-bond acceptors (Lipinski definition) is 14. The first-order valence-corrected chi connectivity index (χ1v) is 30.8. The summed E-state index contributed by atoms with van der Waals surface area (Å²) in [6.07, 6.45) is 7.26. The Hall–Kier alpha value is -7.35. The lowest BCUT2D eigenvalue weighted by atomic mass is 9.71. The SMILES string of the molecule is Cc1ncsc1-c1ccc([C@H](C)NC(=O)[C@@H]2C[C@@H](O)CN2C(=O)[C@@H](NC(=O)CCC2(Cn3ncc(-c4ccc(N5CCc6cccc(C(=O)Nc7nc8ccccc8s7)c6C5)nc4C(=O)OCC(C)C)c3C)CCCCC2)C(C)(C)C)cc1. The first-order valence-electron chi connectivity index (χ1n) is 29.1. The standard InChI is InChI=1S/C64H76N10O7S2/c1-38(2)35-81-61(80)55-46(23-24-53(69-55)72-30-26-43-15-14-16-47(49(43)34-72)58(77)71-62-68-50-17-10-11-18-52(50)83-62)48-32-66-74(41(48)5)36-64(27-12-9-13-28-64)29-25-54(76)70-57(63(6,7)8)60(79)73-33-45(75)31-51(73)59(78)67-39(3)42-19-21-44(22-20-42)56-40(4)65-37-82-56/h10-11,14-24,32,37-39,45,51,57,75H,9,12-13,25-31,33-36H2,1-8H3,(H,67,78)(H,70,76)(H,68,71,77)/t39-,45+,51-,57+/m0/s1. The summed E-state index contributed by atoms with van der Waals surface area (Å²) in [5, 5.41) is 25.6. The minimum atomic E-state index is -0.957. The summed E-state index contributed by atoms with van der Waals surface area (Å²) in [4.78, 5) is 89.6. The summed E-state index contributed by atoms with van der Waals surface area (Å²) in [6, 6.07) is 23.2. The number of esters is 1. The van der Waals surface area contributed by atoms with Gasteiger partial charge in [0.25, 0.3) is 5.91 Å². The Morgan fingerprint density at radius 2 is 1.66 bits per heavy atom. The number of amides is 4. The number of ether oxygens (including phenoxy) is 1. The van der Waals surface area contributed by atoms with Gasteiger partial charge < -0.3 is 30.3 Å². The fourth-order valence-corrected chi connectivity index (χ4v) is 13.7.